The molecule has 0 aliphatic heterocycles. The second-order valence-corrected chi connectivity index (χ2v) is 3.79. The van der Waals surface area contributed by atoms with E-state index in [1.807, 2.05) is 6.07 Å². The predicted octanol–water partition coefficient (Wildman–Crippen LogP) is 3.56. The van der Waals surface area contributed by atoms with E-state index in [1.54, 1.807) is 0 Å². The van der Waals surface area contributed by atoms with Crippen molar-refractivity contribution in [2.24, 2.45) is 0 Å². The van der Waals surface area contributed by atoms with E-state index in [-0.39, 0.29) is 0 Å². The molecule has 0 nitrogen and oxygen atoms in total. The van der Waals surface area contributed by atoms with Crippen LogP contribution in [0.4, 0.5) is 0 Å². The smallest absolute Gasteiger partial charge is 0.0409 e. The van der Waals surface area contributed by atoms with Gasteiger partial charge in [0.15, 0.2) is 0 Å². The molecule has 1 aromatic carbocycles. The minimum atomic E-state index is 0.698. The second kappa shape index (κ2) is 2.25. The largest absolute Gasteiger partial charge is 0.0843 e. The fraction of sp³-hybridized carbons (Fsp3) is 0.400. The Morgan fingerprint density at radius 2 is 1.73 bits per heavy atom. The first-order valence-electron chi connectivity index (χ1n) is 3.99. The normalized spacial score (nSPS) is 27.5. The summed E-state index contributed by atoms with van der Waals surface area (Å²) in [4.78, 5) is 0. The molecule has 0 saturated carbocycles. The van der Waals surface area contributed by atoms with E-state index >= 15 is 0 Å². The van der Waals surface area contributed by atoms with Crippen LogP contribution >= 0.6 is 11.6 Å². The molecule has 0 spiro atoms. The molecule has 0 heterocycles. The average Bonchev–Trinajstić information content (AvgIpc) is 2.03. The summed E-state index contributed by atoms with van der Waals surface area (Å²) in [6.45, 7) is 4.52. The first-order chi connectivity index (χ1) is 5.20. The van der Waals surface area contributed by atoms with E-state index in [0.717, 1.165) is 10.9 Å². The monoisotopic (exact) mass is 166 g/mol. The third kappa shape index (κ3) is 0.893. The lowest BCUT2D eigenvalue weighted by Crippen LogP contribution is -2.18. The minimum absolute atomic E-state index is 0.698. The third-order valence-corrected chi connectivity index (χ3v) is 3.02. The molecule has 0 N–H and O–H groups in total. The molecular weight excluding hydrogens is 156 g/mol. The lowest BCUT2D eigenvalue weighted by Gasteiger charge is -2.34. The molecule has 1 aromatic rings. The van der Waals surface area contributed by atoms with Gasteiger partial charge < -0.3 is 0 Å². The molecule has 0 radical (unpaired) electrons. The van der Waals surface area contributed by atoms with Gasteiger partial charge in [0.05, 0.1) is 0 Å². The molecule has 11 heavy (non-hydrogen) atoms. The highest BCUT2D eigenvalue weighted by molar-refractivity contribution is 6.30. The number of halogens is 1. The summed E-state index contributed by atoms with van der Waals surface area (Å²) in [7, 11) is 0. The van der Waals surface area contributed by atoms with Gasteiger partial charge in [-0.05, 0) is 35.1 Å². The predicted molar refractivity (Wildman–Crippen MR) is 48.3 cm³/mol. The standard InChI is InChI=1S/C10H11Cl/c1-6-7(2)10-5-8(11)3-4-9(6)10/h3-7H,1-2H3. The Bertz CT molecular complexity index is 291. The van der Waals surface area contributed by atoms with E-state index in [2.05, 4.69) is 26.0 Å². The van der Waals surface area contributed by atoms with Gasteiger partial charge in [-0.25, -0.2) is 0 Å². The summed E-state index contributed by atoms with van der Waals surface area (Å²) in [5, 5.41) is 0.863. The molecule has 2 unspecified atom stereocenters. The van der Waals surface area contributed by atoms with Gasteiger partial charge in [-0.1, -0.05) is 31.5 Å². The number of fused-ring (bicyclic) bond motifs is 1. The van der Waals surface area contributed by atoms with Crippen molar-refractivity contribution in [1.29, 1.82) is 0 Å². The van der Waals surface area contributed by atoms with Gasteiger partial charge in [-0.15, -0.1) is 0 Å². The van der Waals surface area contributed by atoms with Crippen LogP contribution in [-0.4, -0.2) is 0 Å². The number of hydrogen-bond donors (Lipinski definition) is 0. The van der Waals surface area contributed by atoms with Crippen molar-refractivity contribution in [2.45, 2.75) is 25.7 Å². The van der Waals surface area contributed by atoms with Crippen LogP contribution in [0, 0.1) is 0 Å². The maximum absolute atomic E-state index is 5.86. The Labute approximate surface area is 72.2 Å². The van der Waals surface area contributed by atoms with Crippen molar-refractivity contribution < 1.29 is 0 Å². The van der Waals surface area contributed by atoms with Crippen LogP contribution in [0.2, 0.25) is 5.02 Å². The number of benzene rings is 1. The highest BCUT2D eigenvalue weighted by Crippen LogP contribution is 2.46. The Kier molecular flexibility index (Phi) is 1.47. The highest BCUT2D eigenvalue weighted by Gasteiger charge is 2.29. The zero-order valence-corrected chi connectivity index (χ0v) is 7.52. The summed E-state index contributed by atoms with van der Waals surface area (Å²) in [5.41, 5.74) is 2.91. The SMILES string of the molecule is CC1c2ccc(Cl)cc2C1C. The molecule has 58 valence electrons. The van der Waals surface area contributed by atoms with Gasteiger partial charge in [0.2, 0.25) is 0 Å². The summed E-state index contributed by atoms with van der Waals surface area (Å²) >= 11 is 5.86. The lowest BCUT2D eigenvalue weighted by atomic mass is 9.70. The van der Waals surface area contributed by atoms with Gasteiger partial charge >= 0.3 is 0 Å². The zero-order valence-electron chi connectivity index (χ0n) is 6.76. The van der Waals surface area contributed by atoms with E-state index in [4.69, 9.17) is 11.6 Å². The van der Waals surface area contributed by atoms with E-state index in [9.17, 15) is 0 Å². The Morgan fingerprint density at radius 3 is 2.45 bits per heavy atom. The highest BCUT2D eigenvalue weighted by atomic mass is 35.5. The molecule has 0 saturated heterocycles. The Morgan fingerprint density at radius 1 is 1.09 bits per heavy atom. The molecule has 0 amide bonds. The molecule has 2 rings (SSSR count). The van der Waals surface area contributed by atoms with E-state index in [0.29, 0.717) is 5.92 Å². The first kappa shape index (κ1) is 7.17. The first-order valence-corrected chi connectivity index (χ1v) is 4.37. The molecule has 0 aromatic heterocycles. The van der Waals surface area contributed by atoms with Crippen LogP contribution in [0.3, 0.4) is 0 Å². The molecule has 0 bridgehead atoms. The van der Waals surface area contributed by atoms with Gasteiger partial charge in [0.25, 0.3) is 0 Å². The van der Waals surface area contributed by atoms with Crippen LogP contribution in [0.1, 0.15) is 36.8 Å². The summed E-state index contributed by atoms with van der Waals surface area (Å²) in [5.74, 6) is 1.42. The van der Waals surface area contributed by atoms with Gasteiger partial charge in [0, 0.05) is 5.02 Å². The van der Waals surface area contributed by atoms with E-state index < -0.39 is 0 Å². The molecule has 0 fully saturated rings. The van der Waals surface area contributed by atoms with Gasteiger partial charge in [-0.2, -0.15) is 0 Å². The fourth-order valence-electron chi connectivity index (χ4n) is 1.80. The maximum atomic E-state index is 5.86. The Balaban J connectivity index is 2.50. The van der Waals surface area contributed by atoms with Crippen molar-refractivity contribution >= 4 is 11.6 Å². The maximum Gasteiger partial charge on any atom is 0.0409 e. The summed E-state index contributed by atoms with van der Waals surface area (Å²) < 4.78 is 0. The molecule has 1 aliphatic carbocycles. The number of rotatable bonds is 0. The topological polar surface area (TPSA) is 0 Å². The van der Waals surface area contributed by atoms with Gasteiger partial charge in [0.1, 0.15) is 0 Å². The fourth-order valence-corrected chi connectivity index (χ4v) is 1.98. The molecule has 2 atom stereocenters. The lowest BCUT2D eigenvalue weighted by molar-refractivity contribution is 0.542. The van der Waals surface area contributed by atoms with Crippen LogP contribution < -0.4 is 0 Å². The number of hydrogen-bond acceptors (Lipinski definition) is 0. The zero-order chi connectivity index (χ0) is 8.01. The van der Waals surface area contributed by atoms with Crippen molar-refractivity contribution in [3.8, 4) is 0 Å². The molecule has 1 heteroatoms. The Hall–Kier alpha value is -0.490. The van der Waals surface area contributed by atoms with Crippen LogP contribution in [0.5, 0.6) is 0 Å². The van der Waals surface area contributed by atoms with Crippen LogP contribution in [-0.2, 0) is 0 Å². The molecule has 1 aliphatic rings. The van der Waals surface area contributed by atoms with Crippen molar-refractivity contribution in [1.82, 2.24) is 0 Å². The van der Waals surface area contributed by atoms with E-state index in [1.165, 1.54) is 11.1 Å². The van der Waals surface area contributed by atoms with Crippen LogP contribution in [0.25, 0.3) is 0 Å². The van der Waals surface area contributed by atoms with Crippen LogP contribution in [0.15, 0.2) is 18.2 Å². The molecular formula is C10H11Cl. The summed E-state index contributed by atoms with van der Waals surface area (Å²) in [6.07, 6.45) is 0. The third-order valence-electron chi connectivity index (χ3n) is 2.78. The minimum Gasteiger partial charge on any atom is -0.0843 e. The van der Waals surface area contributed by atoms with Crippen molar-refractivity contribution in [3.63, 3.8) is 0 Å². The van der Waals surface area contributed by atoms with Crippen molar-refractivity contribution in [2.75, 3.05) is 0 Å². The second-order valence-electron chi connectivity index (χ2n) is 3.35. The van der Waals surface area contributed by atoms with Gasteiger partial charge in [-0.3, -0.25) is 0 Å². The average molecular weight is 167 g/mol. The quantitative estimate of drug-likeness (QED) is 0.553. The van der Waals surface area contributed by atoms with Crippen molar-refractivity contribution in [3.05, 3.63) is 34.3 Å². The summed E-state index contributed by atoms with van der Waals surface area (Å²) in [6, 6.07) is 6.20.